The lowest BCUT2D eigenvalue weighted by molar-refractivity contribution is -0.0389. The summed E-state index contributed by atoms with van der Waals surface area (Å²) in [7, 11) is 0. The van der Waals surface area contributed by atoms with E-state index >= 15 is 0 Å². The van der Waals surface area contributed by atoms with Crippen molar-refractivity contribution in [3.63, 3.8) is 0 Å². The molecule has 2 fully saturated rings. The molecule has 7 nitrogen and oxygen atoms in total. The average Bonchev–Trinajstić information content (AvgIpc) is 3.34. The van der Waals surface area contributed by atoms with E-state index in [0.717, 1.165) is 24.0 Å². The summed E-state index contributed by atoms with van der Waals surface area (Å²) in [5, 5.41) is 4.79. The molecule has 4 heterocycles. The number of halogens is 4. The van der Waals surface area contributed by atoms with Crippen LogP contribution in [-0.2, 0) is 21.6 Å². The Morgan fingerprint density at radius 3 is 2.68 bits per heavy atom. The smallest absolute Gasteiger partial charge is 0.339 e. The van der Waals surface area contributed by atoms with Gasteiger partial charge in [-0.15, -0.1) is 24.8 Å². The monoisotopic (exact) mass is 569 g/mol. The number of rotatable bonds is 3. The van der Waals surface area contributed by atoms with E-state index in [2.05, 4.69) is 5.32 Å². The fourth-order valence-electron chi connectivity index (χ4n) is 5.53. The molecule has 1 amide bonds. The number of amides is 1. The summed E-state index contributed by atoms with van der Waals surface area (Å²) in [4.78, 5) is 27.8. The first-order valence-electron chi connectivity index (χ1n) is 11.9. The second kappa shape index (κ2) is 10.8. The molecule has 1 aromatic heterocycles. The van der Waals surface area contributed by atoms with Crippen LogP contribution in [-0.4, -0.2) is 60.2 Å². The third-order valence-electron chi connectivity index (χ3n) is 7.32. The van der Waals surface area contributed by atoms with E-state index in [4.69, 9.17) is 21.1 Å². The van der Waals surface area contributed by atoms with Gasteiger partial charge in [-0.3, -0.25) is 4.79 Å². The van der Waals surface area contributed by atoms with Crippen molar-refractivity contribution in [1.29, 1.82) is 0 Å². The third-order valence-corrected chi connectivity index (χ3v) is 7.55. The number of nitrogens with zero attached hydrogens (tertiary/aromatic N) is 2. The quantitative estimate of drug-likeness (QED) is 0.467. The van der Waals surface area contributed by atoms with Crippen LogP contribution in [0.4, 0.5) is 4.39 Å². The molecule has 3 aromatic rings. The van der Waals surface area contributed by atoms with Gasteiger partial charge in [0.1, 0.15) is 11.4 Å². The molecule has 0 radical (unpaired) electrons. The Morgan fingerprint density at radius 2 is 1.95 bits per heavy atom. The lowest BCUT2D eigenvalue weighted by Crippen LogP contribution is -2.45. The number of esters is 1. The van der Waals surface area contributed by atoms with Gasteiger partial charge in [0, 0.05) is 61.2 Å². The van der Waals surface area contributed by atoms with Crippen LogP contribution in [0.2, 0.25) is 5.02 Å². The summed E-state index contributed by atoms with van der Waals surface area (Å²) < 4.78 is 27.3. The number of carbonyl (C=O) groups is 2. The van der Waals surface area contributed by atoms with Crippen molar-refractivity contribution in [3.8, 4) is 0 Å². The number of fused-ring (bicyclic) bond motifs is 3. The Hall–Kier alpha value is -2.36. The molecule has 2 saturated heterocycles. The van der Waals surface area contributed by atoms with E-state index in [-0.39, 0.29) is 42.4 Å². The summed E-state index contributed by atoms with van der Waals surface area (Å²) in [6.45, 7) is 3.72. The van der Waals surface area contributed by atoms with Crippen molar-refractivity contribution in [2.24, 2.45) is 0 Å². The minimum Gasteiger partial charge on any atom is -0.450 e. The number of carbonyl (C=O) groups excluding carboxylic acids is 2. The summed E-state index contributed by atoms with van der Waals surface area (Å²) in [5.74, 6) is -1.04. The molecule has 1 atom stereocenters. The first-order chi connectivity index (χ1) is 16.9. The zero-order chi connectivity index (χ0) is 24.2. The maximum absolute atomic E-state index is 13.7. The van der Waals surface area contributed by atoms with Gasteiger partial charge in [0.2, 0.25) is 0 Å². The van der Waals surface area contributed by atoms with Gasteiger partial charge in [0.25, 0.3) is 5.91 Å². The molecule has 3 aliphatic heterocycles. The molecular weight excluding hydrogens is 544 g/mol. The summed E-state index contributed by atoms with van der Waals surface area (Å²) in [5.41, 5.74) is 1.70. The molecule has 6 rings (SSSR count). The number of ether oxygens (including phenoxy) is 2. The van der Waals surface area contributed by atoms with Crippen molar-refractivity contribution in [2.75, 3.05) is 32.8 Å². The largest absolute Gasteiger partial charge is 0.450 e. The Kier molecular flexibility index (Phi) is 8.07. The number of hydrogen-bond donors (Lipinski definition) is 1. The molecule has 198 valence electrons. The van der Waals surface area contributed by atoms with Crippen LogP contribution in [0.25, 0.3) is 10.9 Å². The topological polar surface area (TPSA) is 72.8 Å². The standard InChI is InChI=1S/C26H25ClFN3O4.2ClH/c27-16-1-3-19-21(15-31(23(19)11-16)14-18-13-29-7-10-34-18)24(32)30-8-5-26(6-9-30)22-4-2-17(28)12-20(22)25(33)35-26;;/h1-4,11-12,15,18,29H,5-10,13-14H2;2*1H. The van der Waals surface area contributed by atoms with Gasteiger partial charge in [-0.1, -0.05) is 23.7 Å². The van der Waals surface area contributed by atoms with Gasteiger partial charge in [0.15, 0.2) is 0 Å². The highest BCUT2D eigenvalue weighted by molar-refractivity contribution is 6.31. The molecule has 37 heavy (non-hydrogen) atoms. The van der Waals surface area contributed by atoms with Gasteiger partial charge < -0.3 is 24.3 Å². The van der Waals surface area contributed by atoms with Gasteiger partial charge in [-0.25, -0.2) is 9.18 Å². The Labute approximate surface area is 231 Å². The lowest BCUT2D eigenvalue weighted by atomic mass is 9.83. The lowest BCUT2D eigenvalue weighted by Gasteiger charge is -2.38. The molecule has 3 aliphatic rings. The van der Waals surface area contributed by atoms with Gasteiger partial charge in [-0.2, -0.15) is 0 Å². The Bertz CT molecular complexity index is 1330. The summed E-state index contributed by atoms with van der Waals surface area (Å²) in [6.07, 6.45) is 2.84. The summed E-state index contributed by atoms with van der Waals surface area (Å²) >= 11 is 6.29. The molecule has 0 saturated carbocycles. The van der Waals surface area contributed by atoms with Crippen LogP contribution in [0.15, 0.2) is 42.6 Å². The third kappa shape index (κ3) is 4.93. The van der Waals surface area contributed by atoms with Gasteiger partial charge in [-0.05, 0) is 24.3 Å². The highest BCUT2D eigenvalue weighted by Gasteiger charge is 2.48. The fraction of sp³-hybridized carbons (Fsp3) is 0.385. The second-order valence-electron chi connectivity index (χ2n) is 9.42. The maximum atomic E-state index is 13.7. The van der Waals surface area contributed by atoms with Crippen molar-refractivity contribution in [1.82, 2.24) is 14.8 Å². The zero-order valence-electron chi connectivity index (χ0n) is 19.9. The first-order valence-corrected chi connectivity index (χ1v) is 12.2. The van der Waals surface area contributed by atoms with E-state index < -0.39 is 17.4 Å². The molecule has 1 spiro atoms. The molecule has 0 aliphatic carbocycles. The van der Waals surface area contributed by atoms with Crippen molar-refractivity contribution in [2.45, 2.75) is 31.1 Å². The van der Waals surface area contributed by atoms with Gasteiger partial charge in [0.05, 0.1) is 35.9 Å². The van der Waals surface area contributed by atoms with Crippen LogP contribution in [0.3, 0.4) is 0 Å². The predicted octanol–water partition coefficient (Wildman–Crippen LogP) is 4.57. The van der Waals surface area contributed by atoms with Crippen LogP contribution in [0, 0.1) is 5.82 Å². The minimum absolute atomic E-state index is 0. The fourth-order valence-corrected chi connectivity index (χ4v) is 5.69. The summed E-state index contributed by atoms with van der Waals surface area (Å²) in [6, 6.07) is 9.77. The highest BCUT2D eigenvalue weighted by atomic mass is 35.5. The maximum Gasteiger partial charge on any atom is 0.339 e. The number of hydrogen-bond acceptors (Lipinski definition) is 5. The minimum atomic E-state index is -0.802. The van der Waals surface area contributed by atoms with Crippen LogP contribution in [0.1, 0.15) is 39.1 Å². The highest BCUT2D eigenvalue weighted by Crippen LogP contribution is 2.44. The van der Waals surface area contributed by atoms with Crippen molar-refractivity contribution >= 4 is 59.2 Å². The number of nitrogens with one attached hydrogen (secondary N) is 1. The van der Waals surface area contributed by atoms with Crippen molar-refractivity contribution in [3.05, 3.63) is 70.1 Å². The molecule has 1 unspecified atom stereocenters. The number of piperidine rings is 1. The average molecular weight is 571 g/mol. The van der Waals surface area contributed by atoms with E-state index in [0.29, 0.717) is 55.2 Å². The van der Waals surface area contributed by atoms with E-state index in [1.807, 2.05) is 22.9 Å². The normalized spacial score (nSPS) is 20.2. The van der Waals surface area contributed by atoms with E-state index in [1.54, 1.807) is 17.0 Å². The first kappa shape index (κ1) is 27.7. The number of morpholine rings is 1. The number of likely N-dealkylation sites (tertiary alicyclic amines) is 1. The second-order valence-corrected chi connectivity index (χ2v) is 9.86. The van der Waals surface area contributed by atoms with Crippen LogP contribution in [0.5, 0.6) is 0 Å². The van der Waals surface area contributed by atoms with Crippen LogP contribution >= 0.6 is 36.4 Å². The molecule has 1 N–H and O–H groups in total. The molecule has 0 bridgehead atoms. The SMILES string of the molecule is Cl.Cl.O=C1OC2(CCN(C(=O)c3cn(CC4CNCCO4)c4cc(Cl)ccc34)CC2)c2ccc(F)cc21. The molecular formula is C26H27Cl3FN3O4. The molecule has 2 aromatic carbocycles. The van der Waals surface area contributed by atoms with Gasteiger partial charge >= 0.3 is 5.97 Å². The predicted molar refractivity (Wildman–Crippen MR) is 143 cm³/mol. The number of aromatic nitrogens is 1. The van der Waals surface area contributed by atoms with E-state index in [9.17, 15) is 14.0 Å². The van der Waals surface area contributed by atoms with Crippen LogP contribution < -0.4 is 5.32 Å². The van der Waals surface area contributed by atoms with E-state index in [1.165, 1.54) is 12.1 Å². The number of benzene rings is 2. The Morgan fingerprint density at radius 1 is 1.16 bits per heavy atom. The molecule has 11 heteroatoms. The zero-order valence-corrected chi connectivity index (χ0v) is 22.3. The Balaban J connectivity index is 0.00000160. The van der Waals surface area contributed by atoms with Crippen molar-refractivity contribution < 1.29 is 23.5 Å².